The van der Waals surface area contributed by atoms with Gasteiger partial charge in [0.2, 0.25) is 0 Å². The summed E-state index contributed by atoms with van der Waals surface area (Å²) >= 11 is 0. The second-order valence-corrected chi connectivity index (χ2v) is 2.42. The lowest BCUT2D eigenvalue weighted by Crippen LogP contribution is -1.85. The molecule has 0 unspecified atom stereocenters. The summed E-state index contributed by atoms with van der Waals surface area (Å²) < 4.78 is 0. The molecular weight excluding hydrogens is 184 g/mol. The Morgan fingerprint density at radius 3 is 1.43 bits per heavy atom. The van der Waals surface area contributed by atoms with Crippen LogP contribution in [-0.4, -0.2) is 22.2 Å². The highest BCUT2D eigenvalue weighted by Gasteiger charge is 1.83. The molecule has 4 heteroatoms. The second-order valence-electron chi connectivity index (χ2n) is 2.42. The van der Waals surface area contributed by atoms with Crippen LogP contribution in [0.1, 0.15) is 12.8 Å². The molecule has 0 aliphatic rings. The van der Waals surface area contributed by atoms with Crippen LogP contribution in [0.4, 0.5) is 0 Å². The van der Waals surface area contributed by atoms with Crippen molar-refractivity contribution in [1.29, 1.82) is 0 Å². The molecule has 76 valence electrons. The Labute approximate surface area is 81.9 Å². The number of carbonyl (C=O) groups is 2. The molecule has 0 aliphatic heterocycles. The molecule has 0 spiro atoms. The summed E-state index contributed by atoms with van der Waals surface area (Å²) in [5.74, 6) is -1.94. The number of carboxylic acids is 2. The first-order chi connectivity index (χ1) is 6.63. The van der Waals surface area contributed by atoms with Crippen molar-refractivity contribution in [1.82, 2.24) is 0 Å². The van der Waals surface area contributed by atoms with Crippen LogP contribution >= 0.6 is 0 Å². The summed E-state index contributed by atoms with van der Waals surface area (Å²) in [6.45, 7) is 0. The van der Waals surface area contributed by atoms with Crippen LogP contribution in [0, 0.1) is 0 Å². The van der Waals surface area contributed by atoms with E-state index in [1.54, 1.807) is 12.2 Å². The zero-order valence-corrected chi connectivity index (χ0v) is 7.59. The van der Waals surface area contributed by atoms with E-state index in [1.807, 2.05) is 0 Å². The topological polar surface area (TPSA) is 74.6 Å². The highest BCUT2D eigenvalue weighted by molar-refractivity contribution is 5.80. The van der Waals surface area contributed by atoms with E-state index in [4.69, 9.17) is 10.2 Å². The second kappa shape index (κ2) is 7.79. The summed E-state index contributed by atoms with van der Waals surface area (Å²) in [4.78, 5) is 20.0. The molecule has 0 bridgehead atoms. The Morgan fingerprint density at radius 2 is 1.14 bits per heavy atom. The molecule has 0 rings (SSSR count). The van der Waals surface area contributed by atoms with Crippen molar-refractivity contribution in [3.8, 4) is 0 Å². The summed E-state index contributed by atoms with van der Waals surface area (Å²) in [6, 6.07) is 0. The molecule has 0 radical (unpaired) electrons. The fourth-order valence-electron chi connectivity index (χ4n) is 0.687. The first-order valence-corrected chi connectivity index (χ1v) is 4.07. The molecule has 14 heavy (non-hydrogen) atoms. The molecule has 0 saturated carbocycles. The van der Waals surface area contributed by atoms with E-state index in [0.717, 1.165) is 12.2 Å². The zero-order chi connectivity index (χ0) is 10.8. The summed E-state index contributed by atoms with van der Waals surface area (Å²) in [7, 11) is 0. The lowest BCUT2D eigenvalue weighted by Gasteiger charge is -1.82. The Balaban J connectivity index is 3.55. The van der Waals surface area contributed by atoms with Gasteiger partial charge in [-0.25, -0.2) is 9.59 Å². The third-order valence-electron chi connectivity index (χ3n) is 1.23. The van der Waals surface area contributed by atoms with E-state index in [1.165, 1.54) is 12.2 Å². The minimum atomic E-state index is -0.968. The lowest BCUT2D eigenvalue weighted by atomic mass is 10.3. The minimum absolute atomic E-state index is 0.535. The van der Waals surface area contributed by atoms with Gasteiger partial charge in [-0.3, -0.25) is 0 Å². The molecule has 0 aromatic carbocycles. The highest BCUT2D eigenvalue weighted by atomic mass is 16.4. The largest absolute Gasteiger partial charge is 0.478 e. The lowest BCUT2D eigenvalue weighted by molar-refractivity contribution is -0.132. The number of carboxylic acid groups (broad SMARTS) is 2. The molecule has 0 aromatic rings. The number of allylic oxidation sites excluding steroid dienone is 4. The number of rotatable bonds is 6. The van der Waals surface area contributed by atoms with E-state index in [-0.39, 0.29) is 0 Å². The number of hydrogen-bond acceptors (Lipinski definition) is 2. The molecule has 0 aromatic heterocycles. The summed E-state index contributed by atoms with van der Waals surface area (Å²) in [5, 5.41) is 16.5. The van der Waals surface area contributed by atoms with Crippen LogP contribution in [0.5, 0.6) is 0 Å². The first-order valence-electron chi connectivity index (χ1n) is 4.07. The molecule has 0 saturated heterocycles. The Kier molecular flexibility index (Phi) is 6.77. The fraction of sp³-hybridized carbons (Fsp3) is 0.200. The van der Waals surface area contributed by atoms with Crippen molar-refractivity contribution < 1.29 is 19.8 Å². The van der Waals surface area contributed by atoms with Gasteiger partial charge in [0.05, 0.1) is 0 Å². The van der Waals surface area contributed by atoms with Crippen LogP contribution in [0.15, 0.2) is 36.5 Å². The van der Waals surface area contributed by atoms with Crippen molar-refractivity contribution in [2.45, 2.75) is 12.8 Å². The third-order valence-corrected chi connectivity index (χ3v) is 1.23. The average molecular weight is 196 g/mol. The van der Waals surface area contributed by atoms with E-state index < -0.39 is 11.9 Å². The first kappa shape index (κ1) is 12.2. The van der Waals surface area contributed by atoms with Gasteiger partial charge in [-0.15, -0.1) is 0 Å². The predicted octanol–water partition coefficient (Wildman–Crippen LogP) is 1.60. The summed E-state index contributed by atoms with van der Waals surface area (Å²) in [5.41, 5.74) is 0. The molecule has 4 nitrogen and oxygen atoms in total. The molecule has 2 N–H and O–H groups in total. The maximum atomic E-state index is 10.0. The van der Waals surface area contributed by atoms with Gasteiger partial charge in [0.15, 0.2) is 0 Å². The van der Waals surface area contributed by atoms with Gasteiger partial charge in [0.1, 0.15) is 0 Å². The van der Waals surface area contributed by atoms with Crippen molar-refractivity contribution in [2.24, 2.45) is 0 Å². The van der Waals surface area contributed by atoms with Crippen LogP contribution < -0.4 is 0 Å². The Morgan fingerprint density at radius 1 is 0.786 bits per heavy atom. The van der Waals surface area contributed by atoms with E-state index in [9.17, 15) is 9.59 Å². The van der Waals surface area contributed by atoms with E-state index in [2.05, 4.69) is 0 Å². The summed E-state index contributed by atoms with van der Waals surface area (Å²) in [6.07, 6.45) is 9.77. The average Bonchev–Trinajstić information content (AvgIpc) is 2.08. The third kappa shape index (κ3) is 10.2. The molecule has 0 atom stereocenters. The minimum Gasteiger partial charge on any atom is -0.478 e. The van der Waals surface area contributed by atoms with Crippen molar-refractivity contribution in [2.75, 3.05) is 0 Å². The van der Waals surface area contributed by atoms with Crippen molar-refractivity contribution in [3.63, 3.8) is 0 Å². The van der Waals surface area contributed by atoms with Gasteiger partial charge in [-0.05, 0) is 12.8 Å². The van der Waals surface area contributed by atoms with Crippen LogP contribution in [-0.2, 0) is 9.59 Å². The molecule has 0 fully saturated rings. The maximum absolute atomic E-state index is 10.0. The highest BCUT2D eigenvalue weighted by Crippen LogP contribution is 1.90. The van der Waals surface area contributed by atoms with Crippen molar-refractivity contribution >= 4 is 11.9 Å². The zero-order valence-electron chi connectivity index (χ0n) is 7.59. The standard InChI is InChI=1S/C10H12O4/c11-9(12)7-5-3-1-2-4-6-8-10(13)14/h1-2,5-8H,3-4H2,(H,11,12)(H,13,14)/b2-1+,7-5+,8-6+. The van der Waals surface area contributed by atoms with E-state index >= 15 is 0 Å². The quantitative estimate of drug-likeness (QED) is 0.500. The van der Waals surface area contributed by atoms with Crippen LogP contribution in [0.3, 0.4) is 0 Å². The molecule has 0 heterocycles. The molecule has 0 aliphatic carbocycles. The monoisotopic (exact) mass is 196 g/mol. The Bertz CT molecular complexity index is 246. The SMILES string of the molecule is O=C(O)/C=C/C/C=C/C/C=C/C(=O)O. The van der Waals surface area contributed by atoms with E-state index in [0.29, 0.717) is 12.8 Å². The van der Waals surface area contributed by atoms with Gasteiger partial charge >= 0.3 is 11.9 Å². The van der Waals surface area contributed by atoms with Crippen molar-refractivity contribution in [3.05, 3.63) is 36.5 Å². The van der Waals surface area contributed by atoms with Gasteiger partial charge in [-0.2, -0.15) is 0 Å². The van der Waals surface area contributed by atoms with Crippen LogP contribution in [0.2, 0.25) is 0 Å². The molecular formula is C10H12O4. The van der Waals surface area contributed by atoms with Gasteiger partial charge in [0.25, 0.3) is 0 Å². The normalized spacial score (nSPS) is 11.7. The van der Waals surface area contributed by atoms with Gasteiger partial charge in [-0.1, -0.05) is 24.3 Å². The molecule has 0 amide bonds. The Hall–Kier alpha value is -1.84. The maximum Gasteiger partial charge on any atom is 0.327 e. The fourth-order valence-corrected chi connectivity index (χ4v) is 0.687. The van der Waals surface area contributed by atoms with Gasteiger partial charge in [0, 0.05) is 12.2 Å². The smallest absolute Gasteiger partial charge is 0.327 e. The predicted molar refractivity (Wildman–Crippen MR) is 51.9 cm³/mol. The number of hydrogen-bond donors (Lipinski definition) is 2. The van der Waals surface area contributed by atoms with Crippen LogP contribution in [0.25, 0.3) is 0 Å². The van der Waals surface area contributed by atoms with Gasteiger partial charge < -0.3 is 10.2 Å². The number of aliphatic carboxylic acids is 2.